The predicted octanol–water partition coefficient (Wildman–Crippen LogP) is 3.11. The molecule has 1 aliphatic rings. The van der Waals surface area contributed by atoms with E-state index in [1.54, 1.807) is 10.7 Å². The van der Waals surface area contributed by atoms with Gasteiger partial charge in [-0.05, 0) is 13.3 Å². The molecule has 1 aromatic carbocycles. The van der Waals surface area contributed by atoms with Gasteiger partial charge in [-0.15, -0.1) is 11.3 Å². The largest absolute Gasteiger partial charge is 0.311 e. The summed E-state index contributed by atoms with van der Waals surface area (Å²) < 4.78 is 27.3. The van der Waals surface area contributed by atoms with Gasteiger partial charge in [0.05, 0.1) is 35.4 Å². The summed E-state index contributed by atoms with van der Waals surface area (Å²) in [6.07, 6.45) is 2.63. The van der Waals surface area contributed by atoms with Crippen LogP contribution in [0.3, 0.4) is 0 Å². The van der Waals surface area contributed by atoms with Gasteiger partial charge in [0.15, 0.2) is 14.8 Å². The normalized spacial score (nSPS) is 17.9. The molecule has 3 aromatic heterocycles. The molecular formula is C21H21N5O3S2. The molecule has 0 saturated carbocycles. The van der Waals surface area contributed by atoms with Crippen molar-refractivity contribution in [3.05, 3.63) is 59.4 Å². The third kappa shape index (κ3) is 4.00. The Balaban J connectivity index is 1.35. The number of nitrogens with zero attached hydrogens (tertiary/aromatic N) is 4. The fourth-order valence-electron chi connectivity index (χ4n) is 3.91. The number of carbonyl (C=O) groups is 1. The van der Waals surface area contributed by atoms with Gasteiger partial charge in [0, 0.05) is 28.9 Å². The average molecular weight is 456 g/mol. The van der Waals surface area contributed by atoms with Crippen molar-refractivity contribution in [2.24, 2.45) is 0 Å². The minimum absolute atomic E-state index is 0.0550. The summed E-state index contributed by atoms with van der Waals surface area (Å²) >= 11 is 1.49. The lowest BCUT2D eigenvalue weighted by Gasteiger charge is -2.13. The number of hydrogen-bond donors (Lipinski definition) is 1. The van der Waals surface area contributed by atoms with Gasteiger partial charge in [0.2, 0.25) is 5.91 Å². The van der Waals surface area contributed by atoms with E-state index < -0.39 is 9.84 Å². The molecule has 1 atom stereocenters. The first-order valence-electron chi connectivity index (χ1n) is 9.95. The molecule has 1 N–H and O–H groups in total. The maximum absolute atomic E-state index is 12.8. The van der Waals surface area contributed by atoms with Gasteiger partial charge >= 0.3 is 0 Å². The Morgan fingerprint density at radius 1 is 1.29 bits per heavy atom. The van der Waals surface area contributed by atoms with E-state index >= 15 is 0 Å². The molecule has 160 valence electrons. The minimum Gasteiger partial charge on any atom is -0.311 e. The van der Waals surface area contributed by atoms with Crippen LogP contribution in [0.2, 0.25) is 0 Å². The third-order valence-corrected chi connectivity index (χ3v) is 8.01. The number of aromatic nitrogens is 4. The zero-order valence-electron chi connectivity index (χ0n) is 16.9. The van der Waals surface area contributed by atoms with Crippen LogP contribution in [0.25, 0.3) is 16.2 Å². The number of benzene rings is 1. The van der Waals surface area contributed by atoms with Crippen LogP contribution in [0.5, 0.6) is 0 Å². The van der Waals surface area contributed by atoms with Crippen LogP contribution < -0.4 is 5.32 Å². The first-order chi connectivity index (χ1) is 14.9. The number of amides is 1. The van der Waals surface area contributed by atoms with Crippen molar-refractivity contribution in [1.29, 1.82) is 0 Å². The van der Waals surface area contributed by atoms with Gasteiger partial charge < -0.3 is 5.32 Å². The maximum atomic E-state index is 12.8. The van der Waals surface area contributed by atoms with Crippen molar-refractivity contribution in [3.63, 3.8) is 0 Å². The Morgan fingerprint density at radius 2 is 2.10 bits per heavy atom. The lowest BCUT2D eigenvalue weighted by molar-refractivity contribution is -0.115. The molecule has 1 unspecified atom stereocenters. The van der Waals surface area contributed by atoms with Crippen molar-refractivity contribution < 1.29 is 13.2 Å². The van der Waals surface area contributed by atoms with Crippen molar-refractivity contribution >= 4 is 37.9 Å². The quantitative estimate of drug-likeness (QED) is 0.499. The van der Waals surface area contributed by atoms with Gasteiger partial charge in [-0.25, -0.2) is 18.1 Å². The molecule has 1 saturated heterocycles. The van der Waals surface area contributed by atoms with Crippen LogP contribution in [0.4, 0.5) is 5.82 Å². The zero-order valence-corrected chi connectivity index (χ0v) is 18.5. The highest BCUT2D eigenvalue weighted by molar-refractivity contribution is 7.91. The van der Waals surface area contributed by atoms with Crippen LogP contribution >= 0.6 is 11.3 Å². The number of anilines is 1. The highest BCUT2D eigenvalue weighted by atomic mass is 32.2. The summed E-state index contributed by atoms with van der Waals surface area (Å²) in [7, 11) is -3.05. The summed E-state index contributed by atoms with van der Waals surface area (Å²) in [5.74, 6) is 0.559. The van der Waals surface area contributed by atoms with Gasteiger partial charge in [-0.1, -0.05) is 30.3 Å². The summed E-state index contributed by atoms with van der Waals surface area (Å²) in [5, 5.41) is 9.27. The minimum atomic E-state index is -3.05. The molecule has 0 spiro atoms. The summed E-state index contributed by atoms with van der Waals surface area (Å²) in [6.45, 7) is 1.83. The lowest BCUT2D eigenvalue weighted by Crippen LogP contribution is -2.21. The van der Waals surface area contributed by atoms with Crippen LogP contribution in [0, 0.1) is 6.92 Å². The van der Waals surface area contributed by atoms with Crippen LogP contribution in [0.15, 0.2) is 48.0 Å². The fraction of sp³-hybridized carbons (Fsp3) is 0.286. The van der Waals surface area contributed by atoms with E-state index in [0.717, 1.165) is 27.6 Å². The number of sulfone groups is 1. The van der Waals surface area contributed by atoms with Gasteiger partial charge in [0.1, 0.15) is 5.82 Å². The highest BCUT2D eigenvalue weighted by Gasteiger charge is 2.31. The Labute approximate surface area is 183 Å². The standard InChI is InChI=1S/C21H21N5O3S2/c1-14-9-19(26(24-14)16-7-8-31(28,29)13-16)23-20(27)10-17-12-30-21-22-18(11-25(17)21)15-5-3-2-4-6-15/h2-6,9,11-12,16H,7-8,10,13H2,1H3,(H,23,27). The molecule has 4 aromatic rings. The zero-order chi connectivity index (χ0) is 21.6. The number of thiazole rings is 1. The summed E-state index contributed by atoms with van der Waals surface area (Å²) in [6, 6.07) is 11.4. The van der Waals surface area contributed by atoms with Gasteiger partial charge in [0.25, 0.3) is 0 Å². The van der Waals surface area contributed by atoms with E-state index in [4.69, 9.17) is 0 Å². The van der Waals surface area contributed by atoms with E-state index in [2.05, 4.69) is 15.4 Å². The van der Waals surface area contributed by atoms with Crippen LogP contribution in [-0.4, -0.2) is 45.0 Å². The molecule has 5 rings (SSSR count). The second kappa shape index (κ2) is 7.61. The second-order valence-electron chi connectivity index (χ2n) is 7.77. The van der Waals surface area contributed by atoms with E-state index in [9.17, 15) is 13.2 Å². The van der Waals surface area contributed by atoms with Gasteiger partial charge in [-0.2, -0.15) is 5.10 Å². The smallest absolute Gasteiger partial charge is 0.231 e. The van der Waals surface area contributed by atoms with Gasteiger partial charge in [-0.3, -0.25) is 9.20 Å². The van der Waals surface area contributed by atoms with Crippen molar-refractivity contribution in [3.8, 4) is 11.3 Å². The number of nitrogens with one attached hydrogen (secondary N) is 1. The molecule has 31 heavy (non-hydrogen) atoms. The first kappa shape index (κ1) is 20.0. The van der Waals surface area contributed by atoms with E-state index in [1.165, 1.54) is 11.3 Å². The molecule has 1 amide bonds. The number of aryl methyl sites for hydroxylation is 1. The van der Waals surface area contributed by atoms with Crippen molar-refractivity contribution in [2.45, 2.75) is 25.8 Å². The lowest BCUT2D eigenvalue weighted by atomic mass is 10.2. The average Bonchev–Trinajstić information content (AvgIpc) is 3.47. The monoisotopic (exact) mass is 455 g/mol. The van der Waals surface area contributed by atoms with E-state index in [0.29, 0.717) is 12.2 Å². The second-order valence-corrected chi connectivity index (χ2v) is 10.8. The molecule has 1 fully saturated rings. The predicted molar refractivity (Wildman–Crippen MR) is 120 cm³/mol. The molecule has 1 aliphatic heterocycles. The third-order valence-electron chi connectivity index (χ3n) is 5.37. The number of carbonyl (C=O) groups excluding carboxylic acids is 1. The Bertz CT molecular complexity index is 1370. The topological polar surface area (TPSA) is 98.4 Å². The Kier molecular flexibility index (Phi) is 4.90. The SMILES string of the molecule is Cc1cc(NC(=O)Cc2csc3nc(-c4ccccc4)cn23)n(C2CCS(=O)(=O)C2)n1. The molecule has 8 nitrogen and oxygen atoms in total. The van der Waals surface area contributed by atoms with E-state index in [1.807, 2.05) is 53.2 Å². The summed E-state index contributed by atoms with van der Waals surface area (Å²) in [4.78, 5) is 18.3. The number of fused-ring (bicyclic) bond motifs is 1. The Hall–Kier alpha value is -2.98. The molecule has 0 bridgehead atoms. The number of imidazole rings is 1. The highest BCUT2D eigenvalue weighted by Crippen LogP contribution is 2.28. The molecule has 10 heteroatoms. The van der Waals surface area contributed by atoms with Crippen LogP contribution in [-0.2, 0) is 21.1 Å². The molecular weight excluding hydrogens is 434 g/mol. The summed E-state index contributed by atoms with van der Waals surface area (Å²) in [5.41, 5.74) is 3.47. The molecule has 4 heterocycles. The van der Waals surface area contributed by atoms with Crippen molar-refractivity contribution in [1.82, 2.24) is 19.2 Å². The maximum Gasteiger partial charge on any atom is 0.231 e. The van der Waals surface area contributed by atoms with Crippen LogP contribution in [0.1, 0.15) is 23.9 Å². The molecule has 0 aliphatic carbocycles. The van der Waals surface area contributed by atoms with Crippen molar-refractivity contribution in [2.75, 3.05) is 16.8 Å². The van der Waals surface area contributed by atoms with E-state index in [-0.39, 0.29) is 29.9 Å². The first-order valence-corrected chi connectivity index (χ1v) is 12.7. The Morgan fingerprint density at radius 3 is 2.84 bits per heavy atom. The molecule has 0 radical (unpaired) electrons. The number of rotatable bonds is 5. The number of hydrogen-bond acceptors (Lipinski definition) is 6. The fourth-order valence-corrected chi connectivity index (χ4v) is 6.48.